The first-order chi connectivity index (χ1) is 14.5. The molecule has 0 aliphatic rings. The van der Waals surface area contributed by atoms with Crippen molar-refractivity contribution in [2.24, 2.45) is 5.10 Å². The van der Waals surface area contributed by atoms with Crippen LogP contribution in [0.5, 0.6) is 11.5 Å². The molecule has 7 nitrogen and oxygen atoms in total. The molecule has 1 aromatic heterocycles. The minimum Gasteiger partial charge on any atom is -0.490 e. The predicted octanol–water partition coefficient (Wildman–Crippen LogP) is 4.46. The molecule has 30 heavy (non-hydrogen) atoms. The van der Waals surface area contributed by atoms with Crippen molar-refractivity contribution in [1.82, 2.24) is 9.97 Å². The van der Waals surface area contributed by atoms with Gasteiger partial charge in [0.05, 0.1) is 12.8 Å². The Hall–Kier alpha value is -3.32. The van der Waals surface area contributed by atoms with E-state index in [-0.39, 0.29) is 11.5 Å². The number of aromatic amines is 1. The summed E-state index contributed by atoms with van der Waals surface area (Å²) in [5.74, 6) is 1.50. The third kappa shape index (κ3) is 5.39. The van der Waals surface area contributed by atoms with Crippen LogP contribution < -0.4 is 20.5 Å². The number of rotatable bonds is 8. The average Bonchev–Trinajstić information content (AvgIpc) is 2.72. The van der Waals surface area contributed by atoms with E-state index in [2.05, 4.69) is 20.5 Å². The quantitative estimate of drug-likeness (QED) is 0.410. The van der Waals surface area contributed by atoms with Gasteiger partial charge >= 0.3 is 0 Å². The highest BCUT2D eigenvalue weighted by Gasteiger charge is 2.08. The highest BCUT2D eigenvalue weighted by molar-refractivity contribution is 6.31. The molecular formula is C22H23ClN4O3. The van der Waals surface area contributed by atoms with Gasteiger partial charge in [0.2, 0.25) is 5.95 Å². The molecule has 0 radical (unpaired) electrons. The number of aromatic nitrogens is 2. The van der Waals surface area contributed by atoms with Gasteiger partial charge in [0.15, 0.2) is 11.5 Å². The zero-order valence-corrected chi connectivity index (χ0v) is 17.8. The largest absolute Gasteiger partial charge is 0.490 e. The van der Waals surface area contributed by atoms with Gasteiger partial charge in [0, 0.05) is 21.8 Å². The molecular weight excluding hydrogens is 404 g/mol. The van der Waals surface area contributed by atoms with Gasteiger partial charge in [-0.15, -0.1) is 0 Å². The molecule has 0 aliphatic heterocycles. The molecule has 2 aromatic carbocycles. The van der Waals surface area contributed by atoms with Crippen molar-refractivity contribution in [3.63, 3.8) is 0 Å². The van der Waals surface area contributed by atoms with E-state index in [0.29, 0.717) is 41.0 Å². The number of benzene rings is 2. The van der Waals surface area contributed by atoms with Crippen LogP contribution in [0.2, 0.25) is 5.02 Å². The molecule has 0 amide bonds. The number of hydrogen-bond acceptors (Lipinski definition) is 6. The SMILES string of the molecule is CCOc1cc(/C=N\Nc2nc(C)c(C)c(=O)[nH]2)ccc1OCc1ccccc1Cl. The highest BCUT2D eigenvalue weighted by Crippen LogP contribution is 2.29. The van der Waals surface area contributed by atoms with Crippen molar-refractivity contribution >= 4 is 23.8 Å². The van der Waals surface area contributed by atoms with Gasteiger partial charge in [-0.25, -0.2) is 10.4 Å². The second kappa shape index (κ2) is 9.93. The summed E-state index contributed by atoms with van der Waals surface area (Å²) in [4.78, 5) is 18.7. The van der Waals surface area contributed by atoms with E-state index >= 15 is 0 Å². The van der Waals surface area contributed by atoms with Crippen molar-refractivity contribution in [1.29, 1.82) is 0 Å². The van der Waals surface area contributed by atoms with E-state index in [9.17, 15) is 4.79 Å². The molecule has 2 N–H and O–H groups in total. The van der Waals surface area contributed by atoms with Crippen molar-refractivity contribution in [2.75, 3.05) is 12.0 Å². The minimum atomic E-state index is -0.196. The van der Waals surface area contributed by atoms with Crippen molar-refractivity contribution < 1.29 is 9.47 Å². The standard InChI is InChI=1S/C22H23ClN4O3/c1-4-29-20-11-16(12-24-27-22-25-15(3)14(2)21(28)26-22)9-10-19(20)30-13-17-7-5-6-8-18(17)23/h5-12H,4,13H2,1-3H3,(H2,25,26,27,28)/b24-12-. The lowest BCUT2D eigenvalue weighted by molar-refractivity contribution is 0.269. The molecule has 0 bridgehead atoms. The maximum absolute atomic E-state index is 11.8. The Bertz CT molecular complexity index is 1110. The Kier molecular flexibility index (Phi) is 7.08. The zero-order chi connectivity index (χ0) is 21.5. The van der Waals surface area contributed by atoms with Crippen LogP contribution in [0, 0.1) is 13.8 Å². The average molecular weight is 427 g/mol. The van der Waals surface area contributed by atoms with Crippen LogP contribution in [0.15, 0.2) is 52.4 Å². The second-order valence-corrected chi connectivity index (χ2v) is 6.92. The number of nitrogens with one attached hydrogen (secondary N) is 2. The number of hydrazone groups is 1. The molecule has 0 unspecified atom stereocenters. The first-order valence-electron chi connectivity index (χ1n) is 9.47. The Morgan fingerprint density at radius 1 is 1.17 bits per heavy atom. The summed E-state index contributed by atoms with van der Waals surface area (Å²) >= 11 is 6.19. The van der Waals surface area contributed by atoms with Crippen LogP contribution in [0.4, 0.5) is 5.95 Å². The lowest BCUT2D eigenvalue weighted by Crippen LogP contribution is -2.15. The molecule has 0 atom stereocenters. The molecule has 1 heterocycles. The number of anilines is 1. The molecule has 3 aromatic rings. The van der Waals surface area contributed by atoms with Gasteiger partial charge in [0.1, 0.15) is 6.61 Å². The monoisotopic (exact) mass is 426 g/mol. The summed E-state index contributed by atoms with van der Waals surface area (Å²) in [7, 11) is 0. The number of ether oxygens (including phenoxy) is 2. The van der Waals surface area contributed by atoms with Gasteiger partial charge in [-0.05, 0) is 50.6 Å². The fourth-order valence-corrected chi connectivity index (χ4v) is 2.82. The van der Waals surface area contributed by atoms with E-state index in [1.165, 1.54) is 0 Å². The number of hydrogen-bond donors (Lipinski definition) is 2. The van der Waals surface area contributed by atoms with E-state index in [4.69, 9.17) is 21.1 Å². The van der Waals surface area contributed by atoms with Crippen LogP contribution in [0.25, 0.3) is 0 Å². The van der Waals surface area contributed by atoms with Gasteiger partial charge in [0.25, 0.3) is 5.56 Å². The van der Waals surface area contributed by atoms with Crippen LogP contribution >= 0.6 is 11.6 Å². The summed E-state index contributed by atoms with van der Waals surface area (Å²) in [5, 5.41) is 4.79. The molecule has 8 heteroatoms. The van der Waals surface area contributed by atoms with Crippen LogP contribution in [-0.4, -0.2) is 22.8 Å². The van der Waals surface area contributed by atoms with Gasteiger partial charge < -0.3 is 9.47 Å². The second-order valence-electron chi connectivity index (χ2n) is 6.51. The minimum absolute atomic E-state index is 0.196. The van der Waals surface area contributed by atoms with E-state index in [0.717, 1.165) is 11.1 Å². The summed E-state index contributed by atoms with van der Waals surface area (Å²) < 4.78 is 11.6. The molecule has 0 fully saturated rings. The van der Waals surface area contributed by atoms with Crippen LogP contribution in [-0.2, 0) is 6.61 Å². The summed E-state index contributed by atoms with van der Waals surface area (Å²) in [6.07, 6.45) is 1.61. The molecule has 0 saturated carbocycles. The zero-order valence-electron chi connectivity index (χ0n) is 17.0. The molecule has 0 saturated heterocycles. The van der Waals surface area contributed by atoms with Gasteiger partial charge in [-0.1, -0.05) is 29.8 Å². The van der Waals surface area contributed by atoms with Gasteiger partial charge in [-0.3, -0.25) is 9.78 Å². The summed E-state index contributed by atoms with van der Waals surface area (Å²) in [5.41, 5.74) is 5.46. The van der Waals surface area contributed by atoms with E-state index in [1.54, 1.807) is 20.1 Å². The van der Waals surface area contributed by atoms with Crippen molar-refractivity contribution in [2.45, 2.75) is 27.4 Å². The molecule has 0 aliphatic carbocycles. The molecule has 3 rings (SSSR count). The molecule has 0 spiro atoms. The van der Waals surface area contributed by atoms with Crippen LogP contribution in [0.3, 0.4) is 0 Å². The fourth-order valence-electron chi connectivity index (χ4n) is 2.63. The Labute approximate surface area is 179 Å². The first-order valence-corrected chi connectivity index (χ1v) is 9.85. The highest BCUT2D eigenvalue weighted by atomic mass is 35.5. The van der Waals surface area contributed by atoms with E-state index in [1.807, 2.05) is 49.4 Å². The fraction of sp³-hybridized carbons (Fsp3) is 0.227. The number of aryl methyl sites for hydroxylation is 1. The summed E-state index contributed by atoms with van der Waals surface area (Å²) in [6.45, 7) is 6.23. The smallest absolute Gasteiger partial charge is 0.255 e. The third-order valence-corrected chi connectivity index (χ3v) is 4.76. The predicted molar refractivity (Wildman–Crippen MR) is 119 cm³/mol. The Morgan fingerprint density at radius 3 is 2.70 bits per heavy atom. The maximum Gasteiger partial charge on any atom is 0.255 e. The number of halogens is 1. The normalized spacial score (nSPS) is 10.9. The number of H-pyrrole nitrogens is 1. The number of nitrogens with zero attached hydrogens (tertiary/aromatic N) is 2. The Morgan fingerprint density at radius 2 is 1.97 bits per heavy atom. The lowest BCUT2D eigenvalue weighted by atomic mass is 10.2. The van der Waals surface area contributed by atoms with Crippen molar-refractivity contribution in [3.8, 4) is 11.5 Å². The first kappa shape index (κ1) is 21.4. The molecule has 156 valence electrons. The topological polar surface area (TPSA) is 88.6 Å². The van der Waals surface area contributed by atoms with Crippen LogP contribution in [0.1, 0.15) is 29.3 Å². The van der Waals surface area contributed by atoms with E-state index < -0.39 is 0 Å². The Balaban J connectivity index is 1.72. The van der Waals surface area contributed by atoms with Crippen molar-refractivity contribution in [3.05, 3.63) is 80.2 Å². The maximum atomic E-state index is 11.8. The lowest BCUT2D eigenvalue weighted by Gasteiger charge is -2.13. The van der Waals surface area contributed by atoms with Gasteiger partial charge in [-0.2, -0.15) is 5.10 Å². The third-order valence-electron chi connectivity index (χ3n) is 4.39. The summed E-state index contributed by atoms with van der Waals surface area (Å²) in [6, 6.07) is 13.0.